The Morgan fingerprint density at radius 3 is 2.46 bits per heavy atom. The van der Waals surface area contributed by atoms with Crippen LogP contribution in [0.1, 0.15) is 25.0 Å². The lowest BCUT2D eigenvalue weighted by atomic mass is 9.92. The van der Waals surface area contributed by atoms with Gasteiger partial charge in [0, 0.05) is 39.8 Å². The third kappa shape index (κ3) is 5.18. The predicted octanol–water partition coefficient (Wildman–Crippen LogP) is 2.56. The number of halogens is 3. The monoisotopic (exact) mass is 393 g/mol. The molecule has 0 radical (unpaired) electrons. The lowest BCUT2D eigenvalue weighted by molar-refractivity contribution is -0.137. The molecule has 1 saturated heterocycles. The summed E-state index contributed by atoms with van der Waals surface area (Å²) in [5, 5.41) is 0. The molecule has 2 unspecified atom stereocenters. The predicted molar refractivity (Wildman–Crippen MR) is 94.6 cm³/mol. The van der Waals surface area contributed by atoms with Gasteiger partial charge in [0.2, 0.25) is 0 Å². The van der Waals surface area contributed by atoms with E-state index in [1.807, 2.05) is 18.7 Å². The van der Waals surface area contributed by atoms with Gasteiger partial charge in [0.15, 0.2) is 0 Å². The molecule has 1 aliphatic heterocycles. The van der Waals surface area contributed by atoms with Gasteiger partial charge in [-0.05, 0) is 23.5 Å². The molecule has 2 atom stereocenters. The van der Waals surface area contributed by atoms with Crippen molar-refractivity contribution in [3.63, 3.8) is 0 Å². The fourth-order valence-corrected chi connectivity index (χ4v) is 4.09. The van der Waals surface area contributed by atoms with Crippen molar-refractivity contribution in [3.05, 3.63) is 35.4 Å². The Bertz CT molecular complexity index is 720. The van der Waals surface area contributed by atoms with E-state index in [9.17, 15) is 21.6 Å². The molecular weight excluding hydrogens is 367 g/mol. The summed E-state index contributed by atoms with van der Waals surface area (Å²) in [5.74, 6) is 0.340. The Labute approximate surface area is 153 Å². The van der Waals surface area contributed by atoms with Gasteiger partial charge in [-0.25, -0.2) is 0 Å². The maximum atomic E-state index is 12.9. The molecule has 26 heavy (non-hydrogen) atoms. The van der Waals surface area contributed by atoms with Crippen LogP contribution in [0.5, 0.6) is 0 Å². The zero-order chi connectivity index (χ0) is 19.7. The van der Waals surface area contributed by atoms with Gasteiger partial charge in [0.1, 0.15) is 0 Å². The molecule has 0 aliphatic carbocycles. The molecule has 5 nitrogen and oxygen atoms in total. The van der Waals surface area contributed by atoms with Crippen LogP contribution in [0, 0.1) is 11.8 Å². The number of benzene rings is 1. The normalized spacial score (nSPS) is 22.5. The van der Waals surface area contributed by atoms with Crippen molar-refractivity contribution in [1.29, 1.82) is 0 Å². The Balaban J connectivity index is 2.13. The van der Waals surface area contributed by atoms with E-state index in [1.54, 1.807) is 6.07 Å². The van der Waals surface area contributed by atoms with Gasteiger partial charge in [-0.2, -0.15) is 30.6 Å². The maximum absolute atomic E-state index is 12.9. The Morgan fingerprint density at radius 2 is 1.92 bits per heavy atom. The SMILES string of the molecule is CC(C)C1CN(Cc2cccc(C(F)(F)F)c2)CC1NS(=O)(=O)N(C)C. The first-order valence-corrected chi connectivity index (χ1v) is 9.92. The van der Waals surface area contributed by atoms with E-state index < -0.39 is 21.9 Å². The molecule has 0 spiro atoms. The third-order valence-corrected chi connectivity index (χ3v) is 6.30. The Morgan fingerprint density at radius 1 is 1.27 bits per heavy atom. The van der Waals surface area contributed by atoms with Crippen LogP contribution >= 0.6 is 0 Å². The molecule has 1 aromatic rings. The molecule has 2 rings (SSSR count). The number of hydrogen-bond acceptors (Lipinski definition) is 3. The second-order valence-corrected chi connectivity index (χ2v) is 9.23. The second kappa shape index (κ2) is 7.84. The molecule has 0 aromatic heterocycles. The first-order valence-electron chi connectivity index (χ1n) is 8.48. The van der Waals surface area contributed by atoms with Crippen LogP contribution in [-0.2, 0) is 22.9 Å². The third-order valence-electron chi connectivity index (χ3n) is 4.74. The number of rotatable bonds is 6. The van der Waals surface area contributed by atoms with Crippen molar-refractivity contribution in [2.75, 3.05) is 27.2 Å². The summed E-state index contributed by atoms with van der Waals surface area (Å²) < 4.78 is 66.8. The van der Waals surface area contributed by atoms with Gasteiger partial charge < -0.3 is 0 Å². The van der Waals surface area contributed by atoms with E-state index in [1.165, 1.54) is 20.2 Å². The lowest BCUT2D eigenvalue weighted by Gasteiger charge is -2.24. The zero-order valence-electron chi connectivity index (χ0n) is 15.4. The minimum Gasteiger partial charge on any atom is -0.297 e. The number of alkyl halides is 3. The smallest absolute Gasteiger partial charge is 0.297 e. The highest BCUT2D eigenvalue weighted by Gasteiger charge is 2.37. The van der Waals surface area contributed by atoms with Crippen molar-refractivity contribution >= 4 is 10.2 Å². The Kier molecular flexibility index (Phi) is 6.37. The van der Waals surface area contributed by atoms with Crippen molar-refractivity contribution in [3.8, 4) is 0 Å². The average molecular weight is 393 g/mol. The molecule has 0 bridgehead atoms. The summed E-state index contributed by atoms with van der Waals surface area (Å²) in [5.41, 5.74) is -0.0992. The summed E-state index contributed by atoms with van der Waals surface area (Å²) in [6, 6.07) is 5.01. The highest BCUT2D eigenvalue weighted by molar-refractivity contribution is 7.87. The maximum Gasteiger partial charge on any atom is 0.416 e. The van der Waals surface area contributed by atoms with E-state index >= 15 is 0 Å². The van der Waals surface area contributed by atoms with Crippen LogP contribution in [0.25, 0.3) is 0 Å². The van der Waals surface area contributed by atoms with Crippen molar-refractivity contribution in [1.82, 2.24) is 13.9 Å². The van der Waals surface area contributed by atoms with Crippen LogP contribution in [0.15, 0.2) is 24.3 Å². The minimum absolute atomic E-state index is 0.0931. The van der Waals surface area contributed by atoms with Crippen LogP contribution < -0.4 is 4.72 Å². The van der Waals surface area contributed by atoms with Gasteiger partial charge in [-0.15, -0.1) is 0 Å². The second-order valence-electron chi connectivity index (χ2n) is 7.31. The fourth-order valence-electron chi connectivity index (χ4n) is 3.24. The number of nitrogens with one attached hydrogen (secondary N) is 1. The molecule has 0 amide bonds. The van der Waals surface area contributed by atoms with Gasteiger partial charge in [0.05, 0.1) is 5.56 Å². The summed E-state index contributed by atoms with van der Waals surface area (Å²) in [6.45, 7) is 5.50. The van der Waals surface area contributed by atoms with E-state index in [2.05, 4.69) is 4.72 Å². The zero-order valence-corrected chi connectivity index (χ0v) is 16.2. The first kappa shape index (κ1) is 21.1. The quantitative estimate of drug-likeness (QED) is 0.808. The van der Waals surface area contributed by atoms with Gasteiger partial charge in [-0.3, -0.25) is 4.90 Å². The largest absolute Gasteiger partial charge is 0.416 e. The number of likely N-dealkylation sites (tertiary alicyclic amines) is 1. The topological polar surface area (TPSA) is 52.7 Å². The highest BCUT2D eigenvalue weighted by atomic mass is 32.2. The number of nitrogens with zero attached hydrogens (tertiary/aromatic N) is 2. The van der Waals surface area contributed by atoms with Crippen molar-refractivity contribution < 1.29 is 21.6 Å². The van der Waals surface area contributed by atoms with E-state index in [-0.39, 0.29) is 17.9 Å². The van der Waals surface area contributed by atoms with Crippen molar-refractivity contribution in [2.45, 2.75) is 32.6 Å². The standard InChI is InChI=1S/C17H26F3N3O2S/c1-12(2)15-10-23(11-16(15)21-26(24,25)22(3)4)9-13-6-5-7-14(8-13)17(18,19)20/h5-8,12,15-16,21H,9-11H2,1-4H3. The molecule has 1 aromatic carbocycles. The first-order chi connectivity index (χ1) is 11.9. The summed E-state index contributed by atoms with van der Waals surface area (Å²) in [4.78, 5) is 2.00. The van der Waals surface area contributed by atoms with E-state index in [0.717, 1.165) is 16.4 Å². The molecular formula is C17H26F3N3O2S. The minimum atomic E-state index is -4.37. The summed E-state index contributed by atoms with van der Waals surface area (Å²) in [6.07, 6.45) is -4.37. The molecule has 1 aliphatic rings. The molecule has 9 heteroatoms. The van der Waals surface area contributed by atoms with Crippen LogP contribution in [-0.4, -0.2) is 50.8 Å². The van der Waals surface area contributed by atoms with Gasteiger partial charge in [-0.1, -0.05) is 32.0 Å². The van der Waals surface area contributed by atoms with Crippen LogP contribution in [0.3, 0.4) is 0 Å². The fraction of sp³-hybridized carbons (Fsp3) is 0.647. The number of hydrogen-bond donors (Lipinski definition) is 1. The molecule has 1 fully saturated rings. The van der Waals surface area contributed by atoms with Crippen LogP contribution in [0.2, 0.25) is 0 Å². The van der Waals surface area contributed by atoms with Gasteiger partial charge in [0.25, 0.3) is 10.2 Å². The van der Waals surface area contributed by atoms with E-state index in [0.29, 0.717) is 25.2 Å². The average Bonchev–Trinajstić information content (AvgIpc) is 2.88. The lowest BCUT2D eigenvalue weighted by Crippen LogP contribution is -2.46. The molecule has 0 saturated carbocycles. The summed E-state index contributed by atoms with van der Waals surface area (Å²) >= 11 is 0. The van der Waals surface area contributed by atoms with Crippen molar-refractivity contribution in [2.24, 2.45) is 11.8 Å². The van der Waals surface area contributed by atoms with Gasteiger partial charge >= 0.3 is 6.18 Å². The van der Waals surface area contributed by atoms with Crippen LogP contribution in [0.4, 0.5) is 13.2 Å². The Hall–Kier alpha value is -1.16. The molecule has 148 valence electrons. The highest BCUT2D eigenvalue weighted by Crippen LogP contribution is 2.31. The summed E-state index contributed by atoms with van der Waals surface area (Å²) in [7, 11) is -0.642. The molecule has 1 N–H and O–H groups in total. The molecule has 1 heterocycles. The van der Waals surface area contributed by atoms with E-state index in [4.69, 9.17) is 0 Å².